The highest BCUT2D eigenvalue weighted by Crippen LogP contribution is 1.92. The first-order valence-corrected chi connectivity index (χ1v) is 4.20. The van der Waals surface area contributed by atoms with Crippen LogP contribution in [0.2, 0.25) is 0 Å². The zero-order valence-corrected chi connectivity index (χ0v) is 7.70. The molecule has 0 aliphatic heterocycles. The lowest BCUT2D eigenvalue weighted by Crippen LogP contribution is -2.34. The molecule has 1 aromatic rings. The molecule has 0 aliphatic carbocycles. The molecule has 0 fully saturated rings. The van der Waals surface area contributed by atoms with Crippen molar-refractivity contribution in [1.82, 2.24) is 0 Å². The summed E-state index contributed by atoms with van der Waals surface area (Å²) in [5, 5.41) is 0. The van der Waals surface area contributed by atoms with E-state index in [1.54, 1.807) is 29.1 Å². The molecule has 2 N–H and O–H groups in total. The third kappa shape index (κ3) is 3.01. The minimum Gasteiger partial charge on any atom is -0.366 e. The number of carbonyl (C=O) groups is 1. The molecule has 4 nitrogen and oxygen atoms in total. The molecular formula is C8H10ClN2O2+. The van der Waals surface area contributed by atoms with Crippen LogP contribution in [0.3, 0.4) is 0 Å². The Hall–Kier alpha value is -1.13. The Morgan fingerprint density at radius 3 is 2.62 bits per heavy atom. The van der Waals surface area contributed by atoms with Gasteiger partial charge in [-0.3, -0.25) is 4.79 Å². The van der Waals surface area contributed by atoms with Crippen LogP contribution in [0.4, 0.5) is 0 Å². The summed E-state index contributed by atoms with van der Waals surface area (Å²) in [6.07, 6.45) is 3.40. The number of aromatic nitrogens is 1. The lowest BCUT2D eigenvalue weighted by Gasteiger charge is -1.96. The molecule has 0 unspecified atom stereocenters. The first-order valence-electron chi connectivity index (χ1n) is 3.66. The standard InChI is InChI=1S/C8H9ClN2O2/c9-5-13-6-11-3-1-7(2-4-11)8(10)12/h1-4H,5-6H2,(H-,10,12)/p+1. The Kier molecular flexibility index (Phi) is 3.67. The van der Waals surface area contributed by atoms with Crippen LogP contribution in [0.1, 0.15) is 10.4 Å². The summed E-state index contributed by atoms with van der Waals surface area (Å²) in [5.74, 6) is -0.439. The number of carbonyl (C=O) groups excluding carboxylic acids is 1. The summed E-state index contributed by atoms with van der Waals surface area (Å²) in [6, 6.07) is 3.39. The van der Waals surface area contributed by atoms with Crippen LogP contribution in [0.15, 0.2) is 24.5 Å². The number of hydrogen-bond acceptors (Lipinski definition) is 2. The highest BCUT2D eigenvalue weighted by atomic mass is 35.5. The van der Waals surface area contributed by atoms with Gasteiger partial charge in [-0.25, -0.2) is 0 Å². The number of amides is 1. The van der Waals surface area contributed by atoms with Gasteiger partial charge in [-0.15, -0.1) is 0 Å². The number of hydrogen-bond donors (Lipinski definition) is 1. The van der Waals surface area contributed by atoms with Gasteiger partial charge in [-0.1, -0.05) is 11.6 Å². The summed E-state index contributed by atoms with van der Waals surface area (Å²) in [4.78, 5) is 10.7. The van der Waals surface area contributed by atoms with Gasteiger partial charge < -0.3 is 10.5 Å². The van der Waals surface area contributed by atoms with Crippen molar-refractivity contribution in [3.63, 3.8) is 0 Å². The molecule has 5 heteroatoms. The largest absolute Gasteiger partial charge is 0.366 e. The SMILES string of the molecule is NC(=O)c1cc[n+](COCCl)cc1. The number of primary amides is 1. The zero-order chi connectivity index (χ0) is 9.68. The van der Waals surface area contributed by atoms with Gasteiger partial charge in [0.05, 0.1) is 5.56 Å². The molecule has 1 aromatic heterocycles. The second-order valence-corrected chi connectivity index (χ2v) is 2.63. The topological polar surface area (TPSA) is 56.2 Å². The number of nitrogens with two attached hydrogens (primary N) is 1. The number of ether oxygens (including phenoxy) is 1. The molecule has 0 bridgehead atoms. The van der Waals surface area contributed by atoms with Crippen LogP contribution in [0.25, 0.3) is 0 Å². The summed E-state index contributed by atoms with van der Waals surface area (Å²) in [7, 11) is 0. The van der Waals surface area contributed by atoms with Crippen LogP contribution in [-0.2, 0) is 11.5 Å². The van der Waals surface area contributed by atoms with Crippen molar-refractivity contribution in [2.24, 2.45) is 5.73 Å². The van der Waals surface area contributed by atoms with Crippen LogP contribution < -0.4 is 10.3 Å². The monoisotopic (exact) mass is 201 g/mol. The third-order valence-corrected chi connectivity index (χ3v) is 1.65. The van der Waals surface area contributed by atoms with E-state index in [4.69, 9.17) is 22.1 Å². The molecule has 0 aliphatic rings. The summed E-state index contributed by atoms with van der Waals surface area (Å²) < 4.78 is 6.68. The average Bonchev–Trinajstić information content (AvgIpc) is 2.15. The van der Waals surface area contributed by atoms with Crippen LogP contribution in [0, 0.1) is 0 Å². The van der Waals surface area contributed by atoms with Crippen molar-refractivity contribution in [1.29, 1.82) is 0 Å². The van der Waals surface area contributed by atoms with Crippen LogP contribution in [-0.4, -0.2) is 12.0 Å². The normalized spacial score (nSPS) is 9.92. The minimum absolute atomic E-state index is 0.143. The van der Waals surface area contributed by atoms with Crippen LogP contribution >= 0.6 is 11.6 Å². The Labute approximate surface area is 80.9 Å². The molecular weight excluding hydrogens is 192 g/mol. The second kappa shape index (κ2) is 4.79. The van der Waals surface area contributed by atoms with E-state index in [1.807, 2.05) is 0 Å². The molecule has 0 saturated carbocycles. The number of pyridine rings is 1. The molecule has 1 heterocycles. The summed E-state index contributed by atoms with van der Waals surface area (Å²) in [5.41, 5.74) is 5.54. The number of nitrogens with zero attached hydrogens (tertiary/aromatic N) is 1. The van der Waals surface area contributed by atoms with Gasteiger partial charge in [0.25, 0.3) is 6.73 Å². The van der Waals surface area contributed by atoms with E-state index in [1.165, 1.54) is 0 Å². The second-order valence-electron chi connectivity index (χ2n) is 2.41. The van der Waals surface area contributed by atoms with Gasteiger partial charge in [-0.2, -0.15) is 4.57 Å². The molecule has 0 atom stereocenters. The summed E-state index contributed by atoms with van der Waals surface area (Å²) in [6.45, 7) is 0.364. The first-order chi connectivity index (χ1) is 6.24. The van der Waals surface area contributed by atoms with Crippen molar-refractivity contribution < 1.29 is 14.1 Å². The van der Waals surface area contributed by atoms with E-state index in [2.05, 4.69) is 0 Å². The Balaban J connectivity index is 2.64. The van der Waals surface area contributed by atoms with E-state index in [0.29, 0.717) is 12.3 Å². The van der Waals surface area contributed by atoms with Gasteiger partial charge in [0.1, 0.15) is 6.07 Å². The molecule has 0 radical (unpaired) electrons. The third-order valence-electron chi connectivity index (χ3n) is 1.49. The lowest BCUT2D eigenvalue weighted by molar-refractivity contribution is -0.731. The fourth-order valence-corrected chi connectivity index (χ4v) is 0.917. The fraction of sp³-hybridized carbons (Fsp3) is 0.250. The first kappa shape index (κ1) is 9.95. The molecule has 0 aromatic carbocycles. The maximum absolute atomic E-state index is 10.7. The highest BCUT2D eigenvalue weighted by Gasteiger charge is 2.03. The Morgan fingerprint density at radius 2 is 2.15 bits per heavy atom. The van der Waals surface area contributed by atoms with E-state index < -0.39 is 5.91 Å². The predicted molar refractivity (Wildman–Crippen MR) is 47.0 cm³/mol. The number of alkyl halides is 1. The minimum atomic E-state index is -0.439. The molecule has 0 saturated heterocycles. The van der Waals surface area contributed by atoms with Gasteiger partial charge in [0, 0.05) is 12.1 Å². The van der Waals surface area contributed by atoms with Crippen molar-refractivity contribution in [3.05, 3.63) is 30.1 Å². The Bertz CT molecular complexity index is 287. The van der Waals surface area contributed by atoms with Crippen molar-refractivity contribution in [2.45, 2.75) is 6.73 Å². The molecule has 1 amide bonds. The van der Waals surface area contributed by atoms with Crippen LogP contribution in [0.5, 0.6) is 0 Å². The van der Waals surface area contributed by atoms with E-state index in [-0.39, 0.29) is 6.07 Å². The van der Waals surface area contributed by atoms with Crippen molar-refractivity contribution in [3.8, 4) is 0 Å². The smallest absolute Gasteiger partial charge is 0.253 e. The number of halogens is 1. The van der Waals surface area contributed by atoms with Gasteiger partial charge in [-0.05, 0) is 0 Å². The van der Waals surface area contributed by atoms with E-state index in [9.17, 15) is 4.79 Å². The van der Waals surface area contributed by atoms with Crippen molar-refractivity contribution in [2.75, 3.05) is 6.07 Å². The van der Waals surface area contributed by atoms with Gasteiger partial charge >= 0.3 is 0 Å². The molecule has 1 rings (SSSR count). The lowest BCUT2D eigenvalue weighted by atomic mass is 10.2. The Morgan fingerprint density at radius 1 is 1.54 bits per heavy atom. The molecule has 13 heavy (non-hydrogen) atoms. The van der Waals surface area contributed by atoms with E-state index in [0.717, 1.165) is 0 Å². The molecule has 70 valence electrons. The summed E-state index contributed by atoms with van der Waals surface area (Å²) >= 11 is 5.32. The fourth-order valence-electron chi connectivity index (χ4n) is 0.848. The number of rotatable bonds is 4. The van der Waals surface area contributed by atoms with Gasteiger partial charge in [0.2, 0.25) is 5.91 Å². The predicted octanol–water partition coefficient (Wildman–Crippen LogP) is 0.243. The average molecular weight is 202 g/mol. The molecule has 0 spiro atoms. The van der Waals surface area contributed by atoms with Crippen molar-refractivity contribution >= 4 is 17.5 Å². The maximum Gasteiger partial charge on any atom is 0.253 e. The highest BCUT2D eigenvalue weighted by molar-refractivity contribution is 6.17. The zero-order valence-electron chi connectivity index (χ0n) is 6.94. The maximum atomic E-state index is 10.7. The van der Waals surface area contributed by atoms with Gasteiger partial charge in [0.15, 0.2) is 12.4 Å². The van der Waals surface area contributed by atoms with E-state index >= 15 is 0 Å². The quantitative estimate of drug-likeness (QED) is 0.561.